The molecular weight excluding hydrogens is 1660 g/mol. The van der Waals surface area contributed by atoms with Gasteiger partial charge in [-0.05, 0) is 87.4 Å². The van der Waals surface area contributed by atoms with Crippen LogP contribution in [0, 0.1) is 41.4 Å². The summed E-state index contributed by atoms with van der Waals surface area (Å²) in [5, 5.41) is 11.1. The lowest BCUT2D eigenvalue weighted by molar-refractivity contribution is -0.156. The Kier molecular flexibility index (Phi) is 55.8. The molecule has 0 bridgehead atoms. The standard InChI is InChI=1S/C8H17N3O3S.2C8H14N2O2.C8H16N2O.3C8H15NO2.C7H13N3O2.C7H12N2O2.2C7H13NO2/c1-10-6-7(5-9)11(15(2,13)14)4-3-8(10)12;2*1-3-6-4-9-7(11)8(12)10(2)5-6;1-3-7-6-10(2)8(11)4-5-9-7;3*1-3-7-4-9(2)8(10)6-11-5-7;1-9-4-5(3-8)10(2)7(12)6(9)11;1-3-5-4-9(2)7(11)6(10)8-5;2*1-3-6-4-8(2)7(9)10-5-6/h7H,3-6,9H2,1-2H3;2*6H,3-5H2,1-2H3,(H,9,11);7,9H,3-6H2,1-2H3;3*7H,3-6H2,1-2H3;5H,3-4,8H2,1-2H3;5H,3-4H2,1-2H3,(H,8,10);2*6H,3-5H2,1-2H3/t7-;2*6-;4*7-;2*5-;2*6-/m11011101110/s1. The molecule has 42 heteroatoms. The number of carbonyl (C=O) groups excluding carboxylic acids is 15. The molecule has 0 aliphatic carbocycles. The van der Waals surface area contributed by atoms with Crippen LogP contribution in [0.5, 0.6) is 0 Å². The van der Waals surface area contributed by atoms with Gasteiger partial charge >= 0.3 is 59.4 Å². The van der Waals surface area contributed by atoms with Crippen LogP contribution in [0.2, 0.25) is 0 Å². The van der Waals surface area contributed by atoms with Crippen molar-refractivity contribution in [1.29, 1.82) is 0 Å². The van der Waals surface area contributed by atoms with Gasteiger partial charge in [0.25, 0.3) is 0 Å². The van der Waals surface area contributed by atoms with E-state index >= 15 is 0 Å². The monoisotopic (exact) mass is 1820 g/mol. The van der Waals surface area contributed by atoms with E-state index in [2.05, 4.69) is 76.7 Å². The third kappa shape index (κ3) is 42.5. The van der Waals surface area contributed by atoms with E-state index in [-0.39, 0.29) is 99.2 Å². The van der Waals surface area contributed by atoms with E-state index in [1.807, 2.05) is 40.0 Å². The highest BCUT2D eigenvalue weighted by Crippen LogP contribution is 2.18. The van der Waals surface area contributed by atoms with Crippen molar-refractivity contribution in [1.82, 2.24) is 84.4 Å². The summed E-state index contributed by atoms with van der Waals surface area (Å²) < 4.78 is 49.6. The summed E-state index contributed by atoms with van der Waals surface area (Å²) in [6, 6.07) is 0.272. The first-order valence-electron chi connectivity index (χ1n) is 44.2. The van der Waals surface area contributed by atoms with E-state index in [4.69, 9.17) is 35.2 Å². The number of piperazine rings is 2. The van der Waals surface area contributed by atoms with Crippen LogP contribution in [0.3, 0.4) is 0 Å². The lowest BCUT2D eigenvalue weighted by Crippen LogP contribution is -2.59. The average Bonchev–Trinajstić information content (AvgIpc) is 1.74. The molecule has 11 atom stereocenters. The Labute approximate surface area is 749 Å². The first kappa shape index (κ1) is 115. The van der Waals surface area contributed by atoms with Gasteiger partial charge in [-0.2, -0.15) is 4.31 Å². The molecule has 15 amide bonds. The molecular formula is C84H157N19O22S. The van der Waals surface area contributed by atoms with Crippen LogP contribution in [-0.2, 0) is 96.0 Å². The van der Waals surface area contributed by atoms with Crippen molar-refractivity contribution >= 4 is 99.0 Å². The van der Waals surface area contributed by atoms with Gasteiger partial charge in [-0.15, -0.1) is 0 Å². The largest absolute Gasteiger partial charge is 0.449 e. The number of ether oxygens (including phenoxy) is 5. The zero-order valence-corrected chi connectivity index (χ0v) is 80.5. The van der Waals surface area contributed by atoms with Crippen molar-refractivity contribution in [2.24, 2.45) is 52.9 Å². The Morgan fingerprint density at radius 3 is 0.992 bits per heavy atom. The Bertz CT molecular complexity index is 3320. The van der Waals surface area contributed by atoms with Gasteiger partial charge in [0.05, 0.1) is 51.4 Å². The predicted octanol–water partition coefficient (Wildman–Crippen LogP) is -0.854. The van der Waals surface area contributed by atoms with Gasteiger partial charge in [-0.25, -0.2) is 18.0 Å². The van der Waals surface area contributed by atoms with Gasteiger partial charge in [0.1, 0.15) is 19.8 Å². The number of likely N-dealkylation sites (N-methyl/N-ethyl adjacent to an activating group) is 10. The zero-order chi connectivity index (χ0) is 95.8. The first-order chi connectivity index (χ1) is 59.3. The fraction of sp³-hybridized carbons (Fsp3) is 0.821. The van der Waals surface area contributed by atoms with Gasteiger partial charge in [0.15, 0.2) is 0 Å². The van der Waals surface area contributed by atoms with Crippen molar-refractivity contribution in [3.05, 3.63) is 0 Å². The number of nitrogens with one attached hydrogen (secondary N) is 4. The summed E-state index contributed by atoms with van der Waals surface area (Å²) in [4.78, 5) is 185. The van der Waals surface area contributed by atoms with E-state index in [1.165, 1.54) is 33.7 Å². The molecule has 0 aromatic carbocycles. The van der Waals surface area contributed by atoms with Gasteiger partial charge in [0.2, 0.25) is 39.6 Å². The third-order valence-electron chi connectivity index (χ3n) is 23.2. The molecule has 0 unspecified atom stereocenters. The molecule has 11 saturated heterocycles. The van der Waals surface area contributed by atoms with Crippen LogP contribution in [-0.4, -0.2) is 440 Å². The average molecular weight is 1820 g/mol. The molecule has 11 aliphatic heterocycles. The molecule has 11 heterocycles. The quantitative estimate of drug-likeness (QED) is 0.130. The van der Waals surface area contributed by atoms with Gasteiger partial charge < -0.3 is 115 Å². The molecule has 11 aliphatic rings. The lowest BCUT2D eigenvalue weighted by atomic mass is 10.1. The molecule has 8 N–H and O–H groups in total. The maximum atomic E-state index is 11.5. The molecule has 0 aromatic rings. The van der Waals surface area contributed by atoms with Crippen LogP contribution < -0.4 is 32.7 Å². The minimum atomic E-state index is -3.28. The van der Waals surface area contributed by atoms with Gasteiger partial charge in [-0.1, -0.05) is 62.3 Å². The number of hydrogen-bond donors (Lipinski definition) is 6. The highest BCUT2D eigenvalue weighted by Gasteiger charge is 2.36. The van der Waals surface area contributed by atoms with Crippen LogP contribution in [0.1, 0.15) is 133 Å². The Morgan fingerprint density at radius 1 is 0.333 bits per heavy atom. The lowest BCUT2D eigenvalue weighted by Gasteiger charge is -2.35. The minimum Gasteiger partial charge on any atom is -0.449 e. The molecule has 41 nitrogen and oxygen atoms in total. The minimum absolute atomic E-state index is 0.0415. The Balaban J connectivity index is 0.000000694. The molecule has 726 valence electrons. The molecule has 0 aromatic heterocycles. The van der Waals surface area contributed by atoms with Crippen molar-refractivity contribution in [2.75, 3.05) is 255 Å². The second kappa shape index (κ2) is 60.9. The number of rotatable bonds is 12. The molecule has 11 rings (SSSR count). The van der Waals surface area contributed by atoms with Crippen LogP contribution in [0.25, 0.3) is 0 Å². The zero-order valence-electron chi connectivity index (χ0n) is 79.7. The summed E-state index contributed by atoms with van der Waals surface area (Å²) in [6.45, 7) is 33.8. The summed E-state index contributed by atoms with van der Waals surface area (Å²) in [7, 11) is 17.5. The number of cyclic esters (lactones) is 2. The maximum absolute atomic E-state index is 11.5. The number of amides is 15. The molecule has 0 radical (unpaired) electrons. The van der Waals surface area contributed by atoms with E-state index in [9.17, 15) is 80.3 Å². The summed E-state index contributed by atoms with van der Waals surface area (Å²) in [5.41, 5.74) is 11.0. The molecule has 0 saturated carbocycles. The number of hydrogen-bond acceptors (Lipinski definition) is 25. The molecule has 126 heavy (non-hydrogen) atoms. The first-order valence-corrected chi connectivity index (χ1v) is 46.1. The second-order valence-corrected chi connectivity index (χ2v) is 35.6. The van der Waals surface area contributed by atoms with E-state index < -0.39 is 57.3 Å². The van der Waals surface area contributed by atoms with Gasteiger partial charge in [-0.3, -0.25) is 62.3 Å². The number of nitrogens with zero attached hydrogens (tertiary/aromatic N) is 13. The second-order valence-electron chi connectivity index (χ2n) is 33.6. The Morgan fingerprint density at radius 2 is 0.643 bits per heavy atom. The normalized spacial score (nSPS) is 26.0. The smallest absolute Gasteiger partial charge is 0.409 e. The molecule has 11 fully saturated rings. The Hall–Kier alpha value is -8.68. The number of nitrogens with two attached hydrogens (primary N) is 2. The van der Waals surface area contributed by atoms with Crippen molar-refractivity contribution in [3.8, 4) is 0 Å². The topological polar surface area (TPSA) is 479 Å². The highest BCUT2D eigenvalue weighted by molar-refractivity contribution is 7.88. The predicted molar refractivity (Wildman–Crippen MR) is 475 cm³/mol. The number of sulfonamides is 1. The fourth-order valence-corrected chi connectivity index (χ4v) is 14.9. The van der Waals surface area contributed by atoms with E-state index in [0.29, 0.717) is 119 Å². The summed E-state index contributed by atoms with van der Waals surface area (Å²) >= 11 is 0. The fourth-order valence-electron chi connectivity index (χ4n) is 13.8. The van der Waals surface area contributed by atoms with Gasteiger partial charge in [0, 0.05) is 233 Å². The van der Waals surface area contributed by atoms with Crippen LogP contribution in [0.15, 0.2) is 0 Å². The SMILES string of the molecule is CC[C@@H]1CN(C)C(=O)C(=O)N1.CC[C@@H]1CN(C)C(=O)CCN1.CC[C@@H]1CNC(=O)C(=O)N(C)C1.CC[C@@H]1COC(=O)N(C)C1.CC[C@@H]1COCC(=O)N(C)C1.CC[C@H]1CNC(=O)C(=O)N(C)C1.CC[C@H]1COC(=O)N(C)C1.CC[C@H]1COCC(=O)N(C)C1.CC[C@H]1COCC(=O)N(C)C1.CN1C[C@@H](CN)N(C)C(=O)C1=O.CN1C[C@@H](CN)N(S(C)(=O)=O)CCC1=O. The van der Waals surface area contributed by atoms with Crippen LogP contribution >= 0.6 is 0 Å². The number of carbonyl (C=O) groups is 15. The summed E-state index contributed by atoms with van der Waals surface area (Å²) in [6.07, 6.45) is 11.0. The third-order valence-corrected chi connectivity index (χ3v) is 24.6. The summed E-state index contributed by atoms with van der Waals surface area (Å²) in [5.74, 6) is 0.266. The van der Waals surface area contributed by atoms with Crippen molar-refractivity contribution in [2.45, 2.75) is 157 Å². The van der Waals surface area contributed by atoms with E-state index in [0.717, 1.165) is 130 Å². The van der Waals surface area contributed by atoms with Crippen molar-refractivity contribution < 1.29 is 104 Å². The van der Waals surface area contributed by atoms with Crippen LogP contribution in [0.4, 0.5) is 9.59 Å². The van der Waals surface area contributed by atoms with Crippen molar-refractivity contribution in [3.63, 3.8) is 0 Å². The molecule has 0 spiro atoms. The maximum Gasteiger partial charge on any atom is 0.409 e. The van der Waals surface area contributed by atoms with E-state index in [1.54, 1.807) is 80.9 Å². The highest BCUT2D eigenvalue weighted by atomic mass is 32.2.